The second-order valence-electron chi connectivity index (χ2n) is 7.38. The minimum Gasteiger partial charge on any atom is -0.432 e. The second-order valence-corrected chi connectivity index (χ2v) is 7.38. The molecule has 0 aliphatic rings. The van der Waals surface area contributed by atoms with Gasteiger partial charge in [-0.05, 0) is 57.2 Å². The molecule has 0 saturated heterocycles. The van der Waals surface area contributed by atoms with E-state index in [4.69, 9.17) is 9.47 Å². The monoisotopic (exact) mass is 367 g/mol. The number of nitrogens with one attached hydrogen (secondary N) is 1. The van der Waals surface area contributed by atoms with Crippen LogP contribution in [-0.4, -0.2) is 41.9 Å². The van der Waals surface area contributed by atoms with Gasteiger partial charge in [-0.15, -0.1) is 0 Å². The van der Waals surface area contributed by atoms with Gasteiger partial charge in [0.25, 0.3) is 0 Å². The van der Waals surface area contributed by atoms with Gasteiger partial charge in [-0.1, -0.05) is 12.1 Å². The summed E-state index contributed by atoms with van der Waals surface area (Å²) in [6, 6.07) is 16.1. The van der Waals surface area contributed by atoms with E-state index in [0.29, 0.717) is 6.54 Å². The van der Waals surface area contributed by atoms with E-state index < -0.39 is 11.8 Å². The van der Waals surface area contributed by atoms with Crippen LogP contribution >= 0.6 is 0 Å². The molecule has 0 fully saturated rings. The lowest BCUT2D eigenvalue weighted by atomic mass is 10.2. The predicted molar refractivity (Wildman–Crippen MR) is 107 cm³/mol. The van der Waals surface area contributed by atoms with Crippen molar-refractivity contribution >= 4 is 22.9 Å². The highest BCUT2D eigenvalue weighted by molar-refractivity contribution is 5.79. The Hall–Kier alpha value is -3.02. The largest absolute Gasteiger partial charge is 0.508 e. The molecule has 3 rings (SSSR count). The number of hydrogen-bond acceptors (Lipinski definition) is 5. The molecule has 6 heteroatoms. The highest BCUT2D eigenvalue weighted by Gasteiger charge is 2.17. The molecule has 0 unspecified atom stereocenters. The maximum Gasteiger partial charge on any atom is 0.508 e. The molecule has 2 aromatic carbocycles. The van der Waals surface area contributed by atoms with E-state index in [9.17, 15) is 4.79 Å². The molecule has 3 aromatic rings. The fourth-order valence-corrected chi connectivity index (χ4v) is 2.64. The summed E-state index contributed by atoms with van der Waals surface area (Å²) in [7, 11) is 1.95. The van der Waals surface area contributed by atoms with E-state index in [0.717, 1.165) is 28.1 Å². The number of aromatic nitrogens is 2. The molecule has 0 spiro atoms. The summed E-state index contributed by atoms with van der Waals surface area (Å²) >= 11 is 0. The zero-order valence-corrected chi connectivity index (χ0v) is 16.2. The molecule has 6 nitrogen and oxygen atoms in total. The Labute approximate surface area is 159 Å². The first kappa shape index (κ1) is 18.8. The van der Waals surface area contributed by atoms with Crippen LogP contribution in [-0.2, 0) is 9.47 Å². The van der Waals surface area contributed by atoms with Gasteiger partial charge in [0.05, 0.1) is 17.6 Å². The first-order chi connectivity index (χ1) is 12.8. The van der Waals surface area contributed by atoms with E-state index in [-0.39, 0.29) is 6.61 Å². The van der Waals surface area contributed by atoms with E-state index in [2.05, 4.69) is 9.97 Å². The van der Waals surface area contributed by atoms with Gasteiger partial charge in [0.15, 0.2) is 0 Å². The SMILES string of the molecule is CN(CCOC(=O)OC(C)(C)C)c1ccc(-c2nc3ccccc3[nH]2)cc1. The van der Waals surface area contributed by atoms with E-state index in [1.54, 1.807) is 0 Å². The van der Waals surface area contributed by atoms with Crippen molar-refractivity contribution in [3.63, 3.8) is 0 Å². The van der Waals surface area contributed by atoms with Gasteiger partial charge in [-0.2, -0.15) is 0 Å². The van der Waals surface area contributed by atoms with E-state index >= 15 is 0 Å². The number of imidazole rings is 1. The third kappa shape index (κ3) is 5.00. The van der Waals surface area contributed by atoms with Crippen LogP contribution in [0.5, 0.6) is 0 Å². The molecule has 1 heterocycles. The van der Waals surface area contributed by atoms with Crippen LogP contribution in [0, 0.1) is 0 Å². The van der Waals surface area contributed by atoms with Crippen LogP contribution in [0.3, 0.4) is 0 Å². The zero-order chi connectivity index (χ0) is 19.4. The fourth-order valence-electron chi connectivity index (χ4n) is 2.64. The number of nitrogens with zero attached hydrogens (tertiary/aromatic N) is 2. The number of hydrogen-bond donors (Lipinski definition) is 1. The van der Waals surface area contributed by atoms with Crippen molar-refractivity contribution in [2.45, 2.75) is 26.4 Å². The predicted octanol–water partition coefficient (Wildman–Crippen LogP) is 4.62. The van der Waals surface area contributed by atoms with Gasteiger partial charge < -0.3 is 19.4 Å². The summed E-state index contributed by atoms with van der Waals surface area (Å²) < 4.78 is 10.2. The minimum atomic E-state index is -0.642. The maximum atomic E-state index is 11.6. The molecule has 0 atom stereocenters. The van der Waals surface area contributed by atoms with Gasteiger partial charge in [-0.3, -0.25) is 0 Å². The Morgan fingerprint density at radius 2 is 1.81 bits per heavy atom. The Morgan fingerprint density at radius 1 is 1.11 bits per heavy atom. The number of anilines is 1. The molecule has 0 radical (unpaired) electrons. The van der Waals surface area contributed by atoms with Gasteiger partial charge in [0.2, 0.25) is 0 Å². The molecule has 142 valence electrons. The molecule has 0 saturated carbocycles. The molecule has 1 N–H and O–H groups in total. The summed E-state index contributed by atoms with van der Waals surface area (Å²) in [5.74, 6) is 0.846. The second kappa shape index (κ2) is 7.70. The molecule has 0 bridgehead atoms. The van der Waals surface area contributed by atoms with Crippen molar-refractivity contribution in [1.82, 2.24) is 9.97 Å². The smallest absolute Gasteiger partial charge is 0.432 e. The molecule has 0 aliphatic carbocycles. The lowest BCUT2D eigenvalue weighted by Crippen LogP contribution is -2.28. The van der Waals surface area contributed by atoms with Crippen molar-refractivity contribution < 1.29 is 14.3 Å². The number of para-hydroxylation sites is 2. The molecule has 27 heavy (non-hydrogen) atoms. The number of rotatable bonds is 5. The molecular weight excluding hydrogens is 342 g/mol. The Kier molecular flexibility index (Phi) is 5.35. The number of aromatic amines is 1. The summed E-state index contributed by atoms with van der Waals surface area (Å²) in [4.78, 5) is 21.5. The highest BCUT2D eigenvalue weighted by atomic mass is 16.7. The van der Waals surface area contributed by atoms with Crippen molar-refractivity contribution in [3.8, 4) is 11.4 Å². The maximum absolute atomic E-state index is 11.6. The van der Waals surface area contributed by atoms with Crippen molar-refractivity contribution in [3.05, 3.63) is 48.5 Å². The van der Waals surface area contributed by atoms with Crippen molar-refractivity contribution in [2.24, 2.45) is 0 Å². The van der Waals surface area contributed by atoms with Crippen LogP contribution in [0.1, 0.15) is 20.8 Å². The number of H-pyrrole nitrogens is 1. The number of carbonyl (C=O) groups excluding carboxylic acids is 1. The van der Waals surface area contributed by atoms with Gasteiger partial charge in [0.1, 0.15) is 18.0 Å². The molecule has 0 amide bonds. The lowest BCUT2D eigenvalue weighted by molar-refractivity contribution is -0.00588. The van der Waals surface area contributed by atoms with Crippen LogP contribution in [0.2, 0.25) is 0 Å². The number of fused-ring (bicyclic) bond motifs is 1. The van der Waals surface area contributed by atoms with Crippen LogP contribution < -0.4 is 4.90 Å². The average molecular weight is 367 g/mol. The standard InChI is InChI=1S/C21H25N3O3/c1-21(2,3)27-20(25)26-14-13-24(4)16-11-9-15(10-12-16)19-22-17-7-5-6-8-18(17)23-19/h5-12H,13-14H2,1-4H3,(H,22,23). The van der Waals surface area contributed by atoms with Crippen LogP contribution in [0.15, 0.2) is 48.5 Å². The zero-order valence-electron chi connectivity index (χ0n) is 16.2. The van der Waals surface area contributed by atoms with E-state index in [1.807, 2.05) is 81.2 Å². The number of carbonyl (C=O) groups is 1. The molecule has 0 aliphatic heterocycles. The first-order valence-electron chi connectivity index (χ1n) is 8.94. The van der Waals surface area contributed by atoms with E-state index in [1.165, 1.54) is 0 Å². The third-order valence-electron chi connectivity index (χ3n) is 4.01. The molecule has 1 aromatic heterocycles. The number of ether oxygens (including phenoxy) is 2. The average Bonchev–Trinajstić information content (AvgIpc) is 3.04. The highest BCUT2D eigenvalue weighted by Crippen LogP contribution is 2.23. The summed E-state index contributed by atoms with van der Waals surface area (Å²) in [5, 5.41) is 0. The van der Waals surface area contributed by atoms with Crippen LogP contribution in [0.25, 0.3) is 22.4 Å². The first-order valence-corrected chi connectivity index (χ1v) is 8.94. The summed E-state index contributed by atoms with van der Waals surface area (Å²) in [6.45, 7) is 6.26. The third-order valence-corrected chi connectivity index (χ3v) is 4.01. The van der Waals surface area contributed by atoms with Crippen LogP contribution in [0.4, 0.5) is 10.5 Å². The fraction of sp³-hybridized carbons (Fsp3) is 0.333. The van der Waals surface area contributed by atoms with Gasteiger partial charge in [-0.25, -0.2) is 9.78 Å². The topological polar surface area (TPSA) is 67.4 Å². The van der Waals surface area contributed by atoms with Crippen molar-refractivity contribution in [2.75, 3.05) is 25.1 Å². The summed E-state index contributed by atoms with van der Waals surface area (Å²) in [5.41, 5.74) is 3.48. The Morgan fingerprint density at radius 3 is 2.48 bits per heavy atom. The minimum absolute atomic E-state index is 0.261. The Bertz CT molecular complexity index is 877. The Balaban J connectivity index is 1.57. The van der Waals surface area contributed by atoms with Crippen molar-refractivity contribution in [1.29, 1.82) is 0 Å². The molecular formula is C21H25N3O3. The lowest BCUT2D eigenvalue weighted by Gasteiger charge is -2.21. The summed E-state index contributed by atoms with van der Waals surface area (Å²) in [6.07, 6.45) is -0.642. The quantitative estimate of drug-likeness (QED) is 0.667. The normalized spacial score (nSPS) is 11.4. The van der Waals surface area contributed by atoms with Gasteiger partial charge in [0, 0.05) is 18.3 Å². The number of benzene rings is 2. The number of likely N-dealkylation sites (N-methyl/N-ethyl adjacent to an activating group) is 1. The van der Waals surface area contributed by atoms with Gasteiger partial charge >= 0.3 is 6.16 Å².